The lowest BCUT2D eigenvalue weighted by molar-refractivity contribution is -0.116. The largest absolute Gasteiger partial charge is 0.307 e. The van der Waals surface area contributed by atoms with Gasteiger partial charge in [-0.05, 0) is 30.7 Å². The van der Waals surface area contributed by atoms with Crippen molar-refractivity contribution in [3.8, 4) is 0 Å². The first kappa shape index (κ1) is 14.9. The van der Waals surface area contributed by atoms with Gasteiger partial charge in [0.2, 0.25) is 5.91 Å². The smallest absolute Gasteiger partial charge is 0.242 e. The van der Waals surface area contributed by atoms with Crippen molar-refractivity contribution >= 4 is 34.8 Å². The molecule has 0 saturated carbocycles. The minimum absolute atomic E-state index is 0.0572. The normalized spacial score (nSPS) is 10.3. The second-order valence-corrected chi connectivity index (χ2v) is 5.21. The summed E-state index contributed by atoms with van der Waals surface area (Å²) in [5.41, 5.74) is 2.86. The molecule has 2 rings (SSSR count). The van der Waals surface area contributed by atoms with Gasteiger partial charge in [-0.3, -0.25) is 4.79 Å². The maximum Gasteiger partial charge on any atom is 0.242 e. The quantitative estimate of drug-likeness (QED) is 0.766. The minimum Gasteiger partial charge on any atom is -0.307 e. The number of rotatable bonds is 4. The Labute approximate surface area is 128 Å². The molecule has 0 spiro atoms. The van der Waals surface area contributed by atoms with E-state index in [2.05, 4.69) is 0 Å². The summed E-state index contributed by atoms with van der Waals surface area (Å²) in [6.07, 6.45) is 0. The number of carbonyl (C=O) groups is 1. The molecule has 0 fully saturated rings. The molecule has 0 bridgehead atoms. The third-order valence-electron chi connectivity index (χ3n) is 3.05. The molecular formula is C16H15Cl2NO. The van der Waals surface area contributed by atoms with Crippen LogP contribution in [0.15, 0.2) is 48.5 Å². The molecule has 4 heteroatoms. The highest BCUT2D eigenvalue weighted by atomic mass is 35.5. The summed E-state index contributed by atoms with van der Waals surface area (Å²) >= 11 is 11.9. The summed E-state index contributed by atoms with van der Waals surface area (Å²) in [6.45, 7) is 2.42. The van der Waals surface area contributed by atoms with Gasteiger partial charge in [0.05, 0.1) is 6.54 Å². The van der Waals surface area contributed by atoms with E-state index in [-0.39, 0.29) is 11.8 Å². The summed E-state index contributed by atoms with van der Waals surface area (Å²) < 4.78 is 0. The summed E-state index contributed by atoms with van der Waals surface area (Å²) in [5, 5.41) is 0.645. The van der Waals surface area contributed by atoms with Gasteiger partial charge in [-0.15, -0.1) is 11.6 Å². The zero-order valence-corrected chi connectivity index (χ0v) is 12.7. The van der Waals surface area contributed by atoms with E-state index < -0.39 is 0 Å². The van der Waals surface area contributed by atoms with Crippen LogP contribution in [0.3, 0.4) is 0 Å². The Morgan fingerprint density at radius 2 is 1.75 bits per heavy atom. The minimum atomic E-state index is -0.143. The molecule has 0 radical (unpaired) electrons. The SMILES string of the molecule is Cc1ccc(N(Cc2ccccc2Cl)C(=O)CCl)cc1. The third kappa shape index (κ3) is 3.53. The van der Waals surface area contributed by atoms with Crippen LogP contribution in [0.5, 0.6) is 0 Å². The van der Waals surface area contributed by atoms with Gasteiger partial charge in [0, 0.05) is 10.7 Å². The number of nitrogens with zero attached hydrogens (tertiary/aromatic N) is 1. The number of anilines is 1. The maximum atomic E-state index is 12.1. The fraction of sp³-hybridized carbons (Fsp3) is 0.188. The van der Waals surface area contributed by atoms with Crippen LogP contribution >= 0.6 is 23.2 Å². The number of benzene rings is 2. The number of hydrogen-bond donors (Lipinski definition) is 0. The van der Waals surface area contributed by atoms with Crippen LogP contribution in [-0.2, 0) is 11.3 Å². The molecule has 0 aliphatic carbocycles. The average Bonchev–Trinajstić information content (AvgIpc) is 2.47. The fourth-order valence-corrected chi connectivity index (χ4v) is 2.26. The van der Waals surface area contributed by atoms with Gasteiger partial charge >= 0.3 is 0 Å². The molecule has 0 heterocycles. The second kappa shape index (κ2) is 6.78. The van der Waals surface area contributed by atoms with Gasteiger partial charge in [0.15, 0.2) is 0 Å². The zero-order chi connectivity index (χ0) is 14.5. The third-order valence-corrected chi connectivity index (χ3v) is 3.64. The van der Waals surface area contributed by atoms with Gasteiger partial charge in [-0.1, -0.05) is 47.5 Å². The Morgan fingerprint density at radius 3 is 2.35 bits per heavy atom. The van der Waals surface area contributed by atoms with Crippen molar-refractivity contribution in [3.63, 3.8) is 0 Å². The highest BCUT2D eigenvalue weighted by Gasteiger charge is 2.16. The van der Waals surface area contributed by atoms with E-state index in [1.807, 2.05) is 55.5 Å². The topological polar surface area (TPSA) is 20.3 Å². The van der Waals surface area contributed by atoms with Crippen molar-refractivity contribution in [2.45, 2.75) is 13.5 Å². The van der Waals surface area contributed by atoms with Gasteiger partial charge in [0.25, 0.3) is 0 Å². The lowest BCUT2D eigenvalue weighted by Crippen LogP contribution is -2.31. The molecule has 0 saturated heterocycles. The van der Waals surface area contributed by atoms with Crippen LogP contribution in [0.25, 0.3) is 0 Å². The Bertz CT molecular complexity index is 596. The molecule has 0 atom stereocenters. The van der Waals surface area contributed by atoms with E-state index in [4.69, 9.17) is 23.2 Å². The van der Waals surface area contributed by atoms with Crippen LogP contribution in [0.4, 0.5) is 5.69 Å². The van der Waals surface area contributed by atoms with Crippen LogP contribution in [0, 0.1) is 6.92 Å². The molecule has 0 N–H and O–H groups in total. The number of alkyl halides is 1. The first-order valence-corrected chi connectivity index (χ1v) is 7.19. The molecule has 0 aliphatic heterocycles. The van der Waals surface area contributed by atoms with Crippen molar-refractivity contribution in [3.05, 3.63) is 64.7 Å². The zero-order valence-electron chi connectivity index (χ0n) is 11.1. The summed E-state index contributed by atoms with van der Waals surface area (Å²) in [6, 6.07) is 15.3. The molecule has 20 heavy (non-hydrogen) atoms. The van der Waals surface area contributed by atoms with Crippen molar-refractivity contribution in [1.82, 2.24) is 0 Å². The predicted molar refractivity (Wildman–Crippen MR) is 84.5 cm³/mol. The van der Waals surface area contributed by atoms with E-state index in [0.29, 0.717) is 11.6 Å². The number of halogens is 2. The Balaban J connectivity index is 2.31. The van der Waals surface area contributed by atoms with E-state index >= 15 is 0 Å². The Hall–Kier alpha value is -1.51. The molecule has 2 nitrogen and oxygen atoms in total. The second-order valence-electron chi connectivity index (χ2n) is 4.54. The van der Waals surface area contributed by atoms with Crippen molar-refractivity contribution in [1.29, 1.82) is 0 Å². The maximum absolute atomic E-state index is 12.1. The van der Waals surface area contributed by atoms with Crippen molar-refractivity contribution in [2.75, 3.05) is 10.8 Å². The lowest BCUT2D eigenvalue weighted by atomic mass is 10.1. The molecule has 0 aromatic heterocycles. The van der Waals surface area contributed by atoms with Gasteiger partial charge < -0.3 is 4.90 Å². The molecule has 104 valence electrons. The first-order chi connectivity index (χ1) is 9.61. The highest BCUT2D eigenvalue weighted by Crippen LogP contribution is 2.22. The van der Waals surface area contributed by atoms with Crippen LogP contribution in [-0.4, -0.2) is 11.8 Å². The number of amides is 1. The van der Waals surface area contributed by atoms with E-state index in [9.17, 15) is 4.79 Å². The van der Waals surface area contributed by atoms with Gasteiger partial charge in [-0.2, -0.15) is 0 Å². The van der Waals surface area contributed by atoms with Crippen LogP contribution in [0.2, 0.25) is 5.02 Å². The lowest BCUT2D eigenvalue weighted by Gasteiger charge is -2.22. The van der Waals surface area contributed by atoms with Crippen LogP contribution < -0.4 is 4.90 Å². The number of aryl methyl sites for hydroxylation is 1. The molecule has 2 aromatic rings. The first-order valence-electron chi connectivity index (χ1n) is 6.28. The van der Waals surface area contributed by atoms with Crippen LogP contribution in [0.1, 0.15) is 11.1 Å². The van der Waals surface area contributed by atoms with Gasteiger partial charge in [-0.25, -0.2) is 0 Å². The van der Waals surface area contributed by atoms with E-state index in [1.54, 1.807) is 4.90 Å². The number of hydrogen-bond acceptors (Lipinski definition) is 1. The molecular weight excluding hydrogens is 293 g/mol. The predicted octanol–water partition coefficient (Wildman–Crippen LogP) is 4.42. The summed E-state index contributed by atoms with van der Waals surface area (Å²) in [7, 11) is 0. The van der Waals surface area contributed by atoms with Gasteiger partial charge in [0.1, 0.15) is 5.88 Å². The van der Waals surface area contributed by atoms with Crippen molar-refractivity contribution in [2.24, 2.45) is 0 Å². The molecule has 0 unspecified atom stereocenters. The van der Waals surface area contributed by atoms with E-state index in [0.717, 1.165) is 16.8 Å². The standard InChI is InChI=1S/C16H15Cl2NO/c1-12-6-8-14(9-7-12)19(16(20)10-17)11-13-4-2-3-5-15(13)18/h2-9H,10-11H2,1H3. The van der Waals surface area contributed by atoms with Crippen molar-refractivity contribution < 1.29 is 4.79 Å². The summed E-state index contributed by atoms with van der Waals surface area (Å²) in [5.74, 6) is -0.200. The fourth-order valence-electron chi connectivity index (χ4n) is 1.92. The Morgan fingerprint density at radius 1 is 1.10 bits per heavy atom. The monoisotopic (exact) mass is 307 g/mol. The van der Waals surface area contributed by atoms with E-state index in [1.165, 1.54) is 0 Å². The molecule has 2 aromatic carbocycles. The summed E-state index contributed by atoms with van der Waals surface area (Å²) in [4.78, 5) is 13.7. The number of carbonyl (C=O) groups excluding carboxylic acids is 1. The molecule has 1 amide bonds. The average molecular weight is 308 g/mol. The molecule has 0 aliphatic rings. The Kier molecular flexibility index (Phi) is 5.05. The highest BCUT2D eigenvalue weighted by molar-refractivity contribution is 6.31.